The number of nitriles is 1. The summed E-state index contributed by atoms with van der Waals surface area (Å²) >= 11 is 0. The van der Waals surface area contributed by atoms with Crippen LogP contribution in [0.15, 0.2) is 48.6 Å². The summed E-state index contributed by atoms with van der Waals surface area (Å²) in [5.74, 6) is -0.322. The number of benzene rings is 1. The van der Waals surface area contributed by atoms with E-state index in [9.17, 15) is 14.4 Å². The van der Waals surface area contributed by atoms with E-state index in [-0.39, 0.29) is 11.8 Å². The quantitative estimate of drug-likeness (QED) is 0.761. The van der Waals surface area contributed by atoms with E-state index in [0.717, 1.165) is 11.1 Å². The Hall–Kier alpha value is -2.94. The summed E-state index contributed by atoms with van der Waals surface area (Å²) in [6, 6.07) is 8.04. The van der Waals surface area contributed by atoms with Crippen molar-refractivity contribution < 1.29 is 9.18 Å². The van der Waals surface area contributed by atoms with Gasteiger partial charge in [0.2, 0.25) is 0 Å². The highest BCUT2D eigenvalue weighted by molar-refractivity contribution is 5.80. The zero-order valence-electron chi connectivity index (χ0n) is 12.4. The molecule has 1 aliphatic rings. The molecule has 0 bridgehead atoms. The number of amides is 1. The van der Waals surface area contributed by atoms with Crippen LogP contribution in [0.5, 0.6) is 0 Å². The van der Waals surface area contributed by atoms with E-state index >= 15 is 0 Å². The first-order valence-corrected chi connectivity index (χ1v) is 7.34. The third-order valence-electron chi connectivity index (χ3n) is 3.96. The third-order valence-corrected chi connectivity index (χ3v) is 3.96. The molecule has 0 aliphatic carbocycles. The van der Waals surface area contributed by atoms with Crippen molar-refractivity contribution in [3.8, 4) is 6.07 Å². The molecule has 1 aliphatic heterocycles. The maximum Gasteiger partial charge on any atom is 0.329 e. The molecular formula is C17H15FN4O. The lowest BCUT2D eigenvalue weighted by molar-refractivity contribution is 0.195. The van der Waals surface area contributed by atoms with Crippen molar-refractivity contribution >= 4 is 11.6 Å². The maximum atomic E-state index is 13.0. The molecule has 0 unspecified atom stereocenters. The van der Waals surface area contributed by atoms with Crippen molar-refractivity contribution in [3.63, 3.8) is 0 Å². The van der Waals surface area contributed by atoms with Crippen molar-refractivity contribution in [3.05, 3.63) is 59.9 Å². The molecule has 0 atom stereocenters. The van der Waals surface area contributed by atoms with Crippen molar-refractivity contribution in [2.24, 2.45) is 0 Å². The molecule has 2 aromatic rings. The Morgan fingerprint density at radius 1 is 1.22 bits per heavy atom. The largest absolute Gasteiger partial charge is 0.329 e. The Labute approximate surface area is 133 Å². The number of likely N-dealkylation sites (tertiary alicyclic amines) is 1. The van der Waals surface area contributed by atoms with Crippen LogP contribution in [-0.4, -0.2) is 33.6 Å². The summed E-state index contributed by atoms with van der Waals surface area (Å²) in [5, 5.41) is 9.43. The van der Waals surface area contributed by atoms with E-state index in [2.05, 4.69) is 11.1 Å². The molecule has 1 saturated heterocycles. The summed E-state index contributed by atoms with van der Waals surface area (Å²) in [7, 11) is 0. The van der Waals surface area contributed by atoms with Gasteiger partial charge in [-0.25, -0.2) is 14.2 Å². The highest BCUT2D eigenvalue weighted by Gasteiger charge is 2.22. The molecule has 3 rings (SSSR count). The molecule has 1 fully saturated rings. The van der Waals surface area contributed by atoms with Gasteiger partial charge in [-0.1, -0.05) is 12.1 Å². The summed E-state index contributed by atoms with van der Waals surface area (Å²) < 4.78 is 14.5. The lowest BCUT2D eigenvalue weighted by atomic mass is 9.94. The van der Waals surface area contributed by atoms with Crippen LogP contribution in [0.25, 0.3) is 5.57 Å². The van der Waals surface area contributed by atoms with Gasteiger partial charge in [0, 0.05) is 25.5 Å². The number of aromatic nitrogens is 2. The fourth-order valence-corrected chi connectivity index (χ4v) is 2.72. The van der Waals surface area contributed by atoms with Gasteiger partial charge in [-0.3, -0.25) is 4.57 Å². The van der Waals surface area contributed by atoms with Crippen LogP contribution < -0.4 is 0 Å². The van der Waals surface area contributed by atoms with Crippen LogP contribution in [0.3, 0.4) is 0 Å². The zero-order valence-corrected chi connectivity index (χ0v) is 12.4. The second kappa shape index (κ2) is 6.44. The molecule has 0 N–H and O–H groups in total. The molecular weight excluding hydrogens is 295 g/mol. The van der Waals surface area contributed by atoms with Crippen LogP contribution in [0.2, 0.25) is 0 Å². The predicted molar refractivity (Wildman–Crippen MR) is 82.8 cm³/mol. The van der Waals surface area contributed by atoms with Crippen LogP contribution in [-0.2, 0) is 0 Å². The maximum absolute atomic E-state index is 13.0. The topological polar surface area (TPSA) is 61.9 Å². The van der Waals surface area contributed by atoms with Crippen molar-refractivity contribution in [2.75, 3.05) is 13.1 Å². The van der Waals surface area contributed by atoms with E-state index in [0.29, 0.717) is 31.5 Å². The van der Waals surface area contributed by atoms with E-state index in [4.69, 9.17) is 0 Å². The fourth-order valence-electron chi connectivity index (χ4n) is 2.72. The molecule has 2 heterocycles. The van der Waals surface area contributed by atoms with Crippen LogP contribution in [0, 0.1) is 17.1 Å². The second-order valence-electron chi connectivity index (χ2n) is 5.34. The van der Waals surface area contributed by atoms with Gasteiger partial charge in [0.05, 0.1) is 11.6 Å². The van der Waals surface area contributed by atoms with E-state index in [1.165, 1.54) is 23.0 Å². The first-order chi connectivity index (χ1) is 11.2. The number of carbonyl (C=O) groups is 1. The minimum atomic E-state index is -0.322. The molecule has 5 nitrogen and oxygen atoms in total. The number of hydrogen-bond acceptors (Lipinski definition) is 3. The highest BCUT2D eigenvalue weighted by Crippen LogP contribution is 2.26. The Morgan fingerprint density at radius 3 is 2.48 bits per heavy atom. The Bertz CT molecular complexity index is 762. The minimum Gasteiger partial charge on any atom is -0.323 e. The normalized spacial score (nSPS) is 14.4. The van der Waals surface area contributed by atoms with Crippen LogP contribution >= 0.6 is 0 Å². The lowest BCUT2D eigenvalue weighted by Gasteiger charge is -2.29. The first kappa shape index (κ1) is 15.0. The lowest BCUT2D eigenvalue weighted by Crippen LogP contribution is -2.38. The summed E-state index contributed by atoms with van der Waals surface area (Å²) in [5.41, 5.74) is 2.31. The molecule has 6 heteroatoms. The number of allylic oxidation sites excluding steroid dienone is 1. The molecule has 23 heavy (non-hydrogen) atoms. The number of rotatable bonds is 1. The SMILES string of the molecule is N#CC(=C1CCN(C(=O)n2ccnc2)CC1)c1ccc(F)cc1. The molecule has 116 valence electrons. The number of halogens is 1. The average molecular weight is 310 g/mol. The fraction of sp³-hybridized carbons (Fsp3) is 0.235. The van der Waals surface area contributed by atoms with Crippen molar-refractivity contribution in [1.82, 2.24) is 14.5 Å². The number of carbonyl (C=O) groups excluding carboxylic acids is 1. The van der Waals surface area contributed by atoms with Gasteiger partial charge < -0.3 is 4.90 Å². The average Bonchev–Trinajstić information content (AvgIpc) is 3.12. The van der Waals surface area contributed by atoms with Gasteiger partial charge in [0.25, 0.3) is 0 Å². The summed E-state index contributed by atoms with van der Waals surface area (Å²) in [6.07, 6.45) is 5.94. The molecule has 0 radical (unpaired) electrons. The van der Waals surface area contributed by atoms with Gasteiger partial charge in [0.15, 0.2) is 0 Å². The minimum absolute atomic E-state index is 0.109. The Kier molecular flexibility index (Phi) is 4.20. The number of imidazole rings is 1. The van der Waals surface area contributed by atoms with Crippen LogP contribution in [0.4, 0.5) is 9.18 Å². The van der Waals surface area contributed by atoms with Gasteiger partial charge in [-0.05, 0) is 36.1 Å². The predicted octanol–water partition coefficient (Wildman–Crippen LogP) is 3.06. The molecule has 0 spiro atoms. The van der Waals surface area contributed by atoms with E-state index in [1.54, 1.807) is 29.4 Å². The van der Waals surface area contributed by atoms with Crippen LogP contribution in [0.1, 0.15) is 18.4 Å². The second-order valence-corrected chi connectivity index (χ2v) is 5.34. The smallest absolute Gasteiger partial charge is 0.323 e. The number of piperidine rings is 1. The third kappa shape index (κ3) is 3.14. The monoisotopic (exact) mass is 310 g/mol. The molecule has 1 aromatic heterocycles. The van der Waals surface area contributed by atoms with E-state index < -0.39 is 0 Å². The molecule has 1 aromatic carbocycles. The summed E-state index contributed by atoms with van der Waals surface area (Å²) in [6.45, 7) is 1.11. The number of hydrogen-bond donors (Lipinski definition) is 0. The first-order valence-electron chi connectivity index (χ1n) is 7.34. The van der Waals surface area contributed by atoms with Crippen molar-refractivity contribution in [2.45, 2.75) is 12.8 Å². The molecule has 0 saturated carbocycles. The van der Waals surface area contributed by atoms with Crippen molar-refractivity contribution in [1.29, 1.82) is 5.26 Å². The number of nitrogens with zero attached hydrogens (tertiary/aromatic N) is 4. The molecule has 1 amide bonds. The van der Waals surface area contributed by atoms with Gasteiger partial charge in [0.1, 0.15) is 12.1 Å². The zero-order chi connectivity index (χ0) is 16.2. The standard InChI is InChI=1S/C17H15FN4O/c18-15-3-1-13(2-4-15)16(11-19)14-5-8-21(9-6-14)17(23)22-10-7-20-12-22/h1-4,7,10,12H,5-6,8-9H2. The Morgan fingerprint density at radius 2 is 1.91 bits per heavy atom. The van der Waals surface area contributed by atoms with Gasteiger partial charge in [-0.2, -0.15) is 5.26 Å². The van der Waals surface area contributed by atoms with Gasteiger partial charge in [-0.15, -0.1) is 0 Å². The van der Waals surface area contributed by atoms with E-state index in [1.807, 2.05) is 0 Å². The highest BCUT2D eigenvalue weighted by atomic mass is 19.1. The Balaban J connectivity index is 1.75. The van der Waals surface area contributed by atoms with Gasteiger partial charge >= 0.3 is 6.03 Å². The summed E-state index contributed by atoms with van der Waals surface area (Å²) in [4.78, 5) is 17.9.